The summed E-state index contributed by atoms with van der Waals surface area (Å²) in [7, 11) is 5.76. The summed E-state index contributed by atoms with van der Waals surface area (Å²) in [6.07, 6.45) is 0. The van der Waals surface area contributed by atoms with Gasteiger partial charge in [-0.3, -0.25) is 4.79 Å². The van der Waals surface area contributed by atoms with Gasteiger partial charge in [0.05, 0.1) is 28.4 Å². The largest absolute Gasteiger partial charge is 0.496 e. The van der Waals surface area contributed by atoms with E-state index in [0.717, 1.165) is 0 Å². The Labute approximate surface area is 106 Å². The number of carbonyl (C=O) groups excluding carboxylic acids is 1. The van der Waals surface area contributed by atoms with Gasteiger partial charge in [0, 0.05) is 11.6 Å². The summed E-state index contributed by atoms with van der Waals surface area (Å²) < 4.78 is 20.1. The first-order valence-electron chi connectivity index (χ1n) is 5.22. The van der Waals surface area contributed by atoms with Gasteiger partial charge in [-0.1, -0.05) is 0 Å². The summed E-state index contributed by atoms with van der Waals surface area (Å²) in [4.78, 5) is 11.5. The highest BCUT2D eigenvalue weighted by Crippen LogP contribution is 2.37. The third-order valence-corrected chi connectivity index (χ3v) is 2.53. The van der Waals surface area contributed by atoms with Gasteiger partial charge in [-0.2, -0.15) is 0 Å². The van der Waals surface area contributed by atoms with E-state index in [1.165, 1.54) is 28.4 Å². The zero-order valence-corrected chi connectivity index (χ0v) is 10.9. The monoisotopic (exact) mass is 255 g/mol. The van der Waals surface area contributed by atoms with E-state index in [-0.39, 0.29) is 0 Å². The Morgan fingerprint density at radius 1 is 1.00 bits per heavy atom. The number of hydrogen-bond acceptors (Lipinski definition) is 6. The normalized spacial score (nSPS) is 11.6. The molecule has 1 rings (SSSR count). The average Bonchev–Trinajstić information content (AvgIpc) is 2.43. The van der Waals surface area contributed by atoms with Crippen molar-refractivity contribution in [1.82, 2.24) is 0 Å². The molecule has 1 atom stereocenters. The van der Waals surface area contributed by atoms with Crippen LogP contribution in [-0.2, 0) is 9.53 Å². The zero-order valence-electron chi connectivity index (χ0n) is 10.9. The zero-order chi connectivity index (χ0) is 13.7. The van der Waals surface area contributed by atoms with Crippen LogP contribution in [0.4, 0.5) is 0 Å². The van der Waals surface area contributed by atoms with Crippen molar-refractivity contribution < 1.29 is 23.7 Å². The Kier molecular flexibility index (Phi) is 4.79. The molecule has 0 unspecified atom stereocenters. The molecule has 0 bridgehead atoms. The number of nitrogens with two attached hydrogens (primary N) is 1. The highest BCUT2D eigenvalue weighted by Gasteiger charge is 2.23. The van der Waals surface area contributed by atoms with E-state index in [9.17, 15) is 4.79 Å². The number of esters is 1. The molecule has 0 aromatic heterocycles. The molecule has 0 aliphatic carbocycles. The smallest absolute Gasteiger partial charge is 0.327 e. The minimum Gasteiger partial charge on any atom is -0.496 e. The minimum atomic E-state index is -0.940. The van der Waals surface area contributed by atoms with Crippen LogP contribution in [0, 0.1) is 0 Å². The summed E-state index contributed by atoms with van der Waals surface area (Å²) in [5.74, 6) is 0.842. The van der Waals surface area contributed by atoms with Crippen LogP contribution in [-0.4, -0.2) is 34.4 Å². The molecule has 0 saturated carbocycles. The van der Waals surface area contributed by atoms with Crippen LogP contribution < -0.4 is 19.9 Å². The van der Waals surface area contributed by atoms with Crippen molar-refractivity contribution in [2.24, 2.45) is 5.73 Å². The Hall–Kier alpha value is -1.95. The van der Waals surface area contributed by atoms with Crippen molar-refractivity contribution in [2.45, 2.75) is 6.04 Å². The second-order valence-electron chi connectivity index (χ2n) is 3.45. The molecule has 0 amide bonds. The summed E-state index contributed by atoms with van der Waals surface area (Å²) in [5, 5.41) is 0. The van der Waals surface area contributed by atoms with Crippen molar-refractivity contribution in [3.05, 3.63) is 17.7 Å². The van der Waals surface area contributed by atoms with Crippen molar-refractivity contribution >= 4 is 5.97 Å². The molecule has 0 radical (unpaired) electrons. The second-order valence-corrected chi connectivity index (χ2v) is 3.45. The molecule has 0 fully saturated rings. The standard InChI is InChI=1S/C12H17NO5/c1-15-8-6-10(17-3)9(16-2)5-7(8)11(13)12(14)18-4/h5-6,11H,13H2,1-4H3/t11-/m0/s1. The first-order chi connectivity index (χ1) is 8.58. The maximum atomic E-state index is 11.5. The molecule has 2 N–H and O–H groups in total. The first-order valence-corrected chi connectivity index (χ1v) is 5.22. The number of benzene rings is 1. The molecule has 0 aliphatic rings. The van der Waals surface area contributed by atoms with Crippen LogP contribution in [0.1, 0.15) is 11.6 Å². The third-order valence-electron chi connectivity index (χ3n) is 2.53. The van der Waals surface area contributed by atoms with E-state index in [1.54, 1.807) is 12.1 Å². The Bertz CT molecular complexity index is 433. The van der Waals surface area contributed by atoms with E-state index in [1.807, 2.05) is 0 Å². The molecular weight excluding hydrogens is 238 g/mol. The highest BCUT2D eigenvalue weighted by molar-refractivity contribution is 5.79. The minimum absolute atomic E-state index is 0.436. The van der Waals surface area contributed by atoms with E-state index in [2.05, 4.69) is 4.74 Å². The molecule has 0 heterocycles. The fraction of sp³-hybridized carbons (Fsp3) is 0.417. The van der Waals surface area contributed by atoms with Crippen LogP contribution in [0.2, 0.25) is 0 Å². The maximum Gasteiger partial charge on any atom is 0.327 e. The molecular formula is C12H17NO5. The van der Waals surface area contributed by atoms with Crippen molar-refractivity contribution in [1.29, 1.82) is 0 Å². The molecule has 1 aromatic carbocycles. The van der Waals surface area contributed by atoms with Gasteiger partial charge in [0.2, 0.25) is 0 Å². The molecule has 6 heteroatoms. The van der Waals surface area contributed by atoms with Crippen LogP contribution >= 0.6 is 0 Å². The lowest BCUT2D eigenvalue weighted by molar-refractivity contribution is -0.142. The molecule has 1 aromatic rings. The van der Waals surface area contributed by atoms with E-state index >= 15 is 0 Å². The molecule has 100 valence electrons. The number of rotatable bonds is 5. The fourth-order valence-electron chi connectivity index (χ4n) is 1.55. The summed E-state index contributed by atoms with van der Waals surface area (Å²) in [5.41, 5.74) is 6.26. The van der Waals surface area contributed by atoms with Gasteiger partial charge in [0.1, 0.15) is 11.8 Å². The van der Waals surface area contributed by atoms with Gasteiger partial charge in [-0.25, -0.2) is 0 Å². The Balaban J connectivity index is 3.29. The first kappa shape index (κ1) is 14.1. The summed E-state index contributed by atoms with van der Waals surface area (Å²) in [6.45, 7) is 0. The lowest BCUT2D eigenvalue weighted by Gasteiger charge is -2.17. The average molecular weight is 255 g/mol. The van der Waals surface area contributed by atoms with Gasteiger partial charge < -0.3 is 24.7 Å². The lowest BCUT2D eigenvalue weighted by Crippen LogP contribution is -2.23. The second kappa shape index (κ2) is 6.11. The molecule has 0 aliphatic heterocycles. The SMILES string of the molecule is COC(=O)[C@@H](N)c1cc(OC)c(OC)cc1OC. The summed E-state index contributed by atoms with van der Waals surface area (Å²) in [6, 6.07) is 2.26. The van der Waals surface area contributed by atoms with Crippen molar-refractivity contribution in [3.63, 3.8) is 0 Å². The molecule has 0 saturated heterocycles. The van der Waals surface area contributed by atoms with Crippen molar-refractivity contribution in [2.75, 3.05) is 28.4 Å². The van der Waals surface area contributed by atoms with Crippen LogP contribution in [0.15, 0.2) is 12.1 Å². The predicted molar refractivity (Wildman–Crippen MR) is 65.0 cm³/mol. The number of methoxy groups -OCH3 is 4. The van der Waals surface area contributed by atoms with E-state index < -0.39 is 12.0 Å². The van der Waals surface area contributed by atoms with Crippen LogP contribution in [0.3, 0.4) is 0 Å². The Morgan fingerprint density at radius 2 is 1.50 bits per heavy atom. The van der Waals surface area contributed by atoms with Gasteiger partial charge in [0.25, 0.3) is 0 Å². The van der Waals surface area contributed by atoms with Gasteiger partial charge in [-0.05, 0) is 6.07 Å². The fourth-order valence-corrected chi connectivity index (χ4v) is 1.55. The molecule has 0 spiro atoms. The molecule has 6 nitrogen and oxygen atoms in total. The summed E-state index contributed by atoms with van der Waals surface area (Å²) >= 11 is 0. The van der Waals surface area contributed by atoms with E-state index in [0.29, 0.717) is 22.8 Å². The highest BCUT2D eigenvalue weighted by atomic mass is 16.5. The van der Waals surface area contributed by atoms with Gasteiger partial charge in [-0.15, -0.1) is 0 Å². The van der Waals surface area contributed by atoms with Crippen LogP contribution in [0.25, 0.3) is 0 Å². The van der Waals surface area contributed by atoms with Crippen LogP contribution in [0.5, 0.6) is 17.2 Å². The number of hydrogen-bond donors (Lipinski definition) is 1. The maximum absolute atomic E-state index is 11.5. The number of carbonyl (C=O) groups is 1. The molecule has 18 heavy (non-hydrogen) atoms. The van der Waals surface area contributed by atoms with Gasteiger partial charge >= 0.3 is 5.97 Å². The van der Waals surface area contributed by atoms with Crippen molar-refractivity contribution in [3.8, 4) is 17.2 Å². The quantitative estimate of drug-likeness (QED) is 0.787. The third kappa shape index (κ3) is 2.65. The van der Waals surface area contributed by atoms with Gasteiger partial charge in [0.15, 0.2) is 11.5 Å². The Morgan fingerprint density at radius 3 is 1.94 bits per heavy atom. The number of ether oxygens (including phenoxy) is 4. The predicted octanol–water partition coefficient (Wildman–Crippen LogP) is 0.885. The van der Waals surface area contributed by atoms with E-state index in [4.69, 9.17) is 19.9 Å². The topological polar surface area (TPSA) is 80.0 Å². The lowest BCUT2D eigenvalue weighted by atomic mass is 10.1.